The summed E-state index contributed by atoms with van der Waals surface area (Å²) in [4.78, 5) is 13.9. The Labute approximate surface area is 124 Å². The molecule has 1 amide bonds. The number of carbonyl (C=O) groups excluding carboxylic acids is 1. The van der Waals surface area contributed by atoms with Crippen molar-refractivity contribution in [3.8, 4) is 0 Å². The van der Waals surface area contributed by atoms with Gasteiger partial charge in [-0.05, 0) is 46.6 Å². The fourth-order valence-corrected chi connectivity index (χ4v) is 2.84. The van der Waals surface area contributed by atoms with Crippen molar-refractivity contribution in [2.45, 2.75) is 71.4 Å². The third kappa shape index (κ3) is 5.70. The minimum Gasteiger partial charge on any atom is -0.444 e. The average Bonchev–Trinajstić information content (AvgIpc) is 2.82. The topological polar surface area (TPSA) is 41.6 Å². The highest BCUT2D eigenvalue weighted by Gasteiger charge is 2.33. The molecule has 1 aliphatic rings. The van der Waals surface area contributed by atoms with Crippen molar-refractivity contribution >= 4 is 6.09 Å². The Hall–Kier alpha value is -0.770. The van der Waals surface area contributed by atoms with E-state index in [-0.39, 0.29) is 6.09 Å². The Bertz CT molecular complexity index is 299. The SMILES string of the molecule is CCCCCC(NC)C1CCN(C(=O)OC(C)(C)C)C1. The lowest BCUT2D eigenvalue weighted by Crippen LogP contribution is -2.38. The molecule has 1 rings (SSSR count). The summed E-state index contributed by atoms with van der Waals surface area (Å²) in [6.07, 6.45) is 5.94. The van der Waals surface area contributed by atoms with Crippen LogP contribution in [0.25, 0.3) is 0 Å². The standard InChI is InChI=1S/C16H32N2O2/c1-6-7-8-9-14(17-5)13-10-11-18(12-13)15(19)20-16(2,3)4/h13-14,17H,6-12H2,1-5H3. The molecule has 1 aliphatic heterocycles. The lowest BCUT2D eigenvalue weighted by atomic mass is 9.94. The number of hydrogen-bond acceptors (Lipinski definition) is 3. The van der Waals surface area contributed by atoms with E-state index in [0.29, 0.717) is 12.0 Å². The lowest BCUT2D eigenvalue weighted by Gasteiger charge is -2.26. The maximum absolute atomic E-state index is 12.1. The van der Waals surface area contributed by atoms with Crippen LogP contribution in [0.1, 0.15) is 59.8 Å². The number of nitrogens with one attached hydrogen (secondary N) is 1. The van der Waals surface area contributed by atoms with Crippen LogP contribution in [-0.2, 0) is 4.74 Å². The maximum atomic E-state index is 12.1. The van der Waals surface area contributed by atoms with Crippen LogP contribution in [0.4, 0.5) is 4.79 Å². The van der Waals surface area contributed by atoms with E-state index in [1.807, 2.05) is 32.7 Å². The van der Waals surface area contributed by atoms with Crippen molar-refractivity contribution < 1.29 is 9.53 Å². The van der Waals surface area contributed by atoms with E-state index in [1.54, 1.807) is 0 Å². The molecule has 0 aromatic heterocycles. The molecule has 0 aliphatic carbocycles. The molecule has 0 spiro atoms. The molecular formula is C16H32N2O2. The molecule has 1 N–H and O–H groups in total. The van der Waals surface area contributed by atoms with Crippen molar-refractivity contribution in [1.82, 2.24) is 10.2 Å². The molecule has 118 valence electrons. The summed E-state index contributed by atoms with van der Waals surface area (Å²) < 4.78 is 5.45. The summed E-state index contributed by atoms with van der Waals surface area (Å²) in [5.41, 5.74) is -0.404. The molecule has 2 unspecified atom stereocenters. The largest absolute Gasteiger partial charge is 0.444 e. The fourth-order valence-electron chi connectivity index (χ4n) is 2.84. The van der Waals surface area contributed by atoms with Crippen molar-refractivity contribution in [1.29, 1.82) is 0 Å². The van der Waals surface area contributed by atoms with Crippen molar-refractivity contribution in [3.63, 3.8) is 0 Å². The van der Waals surface area contributed by atoms with Gasteiger partial charge in [0, 0.05) is 19.1 Å². The zero-order valence-corrected chi connectivity index (χ0v) is 13.9. The summed E-state index contributed by atoms with van der Waals surface area (Å²) in [5.74, 6) is 0.560. The second-order valence-electron chi connectivity index (χ2n) is 6.87. The van der Waals surface area contributed by atoms with Crippen LogP contribution in [0.3, 0.4) is 0 Å². The molecule has 0 bridgehead atoms. The number of nitrogens with zero attached hydrogens (tertiary/aromatic N) is 1. The van der Waals surface area contributed by atoms with E-state index in [4.69, 9.17) is 4.74 Å². The van der Waals surface area contributed by atoms with Crippen molar-refractivity contribution in [2.75, 3.05) is 20.1 Å². The van der Waals surface area contributed by atoms with E-state index >= 15 is 0 Å². The number of amides is 1. The van der Waals surface area contributed by atoms with Gasteiger partial charge in [-0.3, -0.25) is 0 Å². The van der Waals surface area contributed by atoms with Gasteiger partial charge in [-0.15, -0.1) is 0 Å². The second kappa shape index (κ2) is 7.87. The number of rotatable bonds is 6. The van der Waals surface area contributed by atoms with Crippen LogP contribution in [-0.4, -0.2) is 42.8 Å². The minimum atomic E-state index is -0.404. The predicted molar refractivity (Wildman–Crippen MR) is 82.9 cm³/mol. The highest BCUT2D eigenvalue weighted by molar-refractivity contribution is 5.68. The van der Waals surface area contributed by atoms with Crippen molar-refractivity contribution in [3.05, 3.63) is 0 Å². The molecule has 4 heteroatoms. The van der Waals surface area contributed by atoms with E-state index in [1.165, 1.54) is 25.7 Å². The normalized spacial score (nSPS) is 21.1. The van der Waals surface area contributed by atoms with Gasteiger partial charge in [0.2, 0.25) is 0 Å². The van der Waals surface area contributed by atoms with E-state index in [9.17, 15) is 4.79 Å². The Balaban J connectivity index is 2.42. The average molecular weight is 284 g/mol. The van der Waals surface area contributed by atoms with Crippen LogP contribution < -0.4 is 5.32 Å². The highest BCUT2D eigenvalue weighted by Crippen LogP contribution is 2.24. The summed E-state index contributed by atoms with van der Waals surface area (Å²) in [6.45, 7) is 9.63. The Kier molecular flexibility index (Phi) is 6.80. The molecule has 0 aromatic carbocycles. The van der Waals surface area contributed by atoms with E-state index < -0.39 is 5.60 Å². The number of hydrogen-bond donors (Lipinski definition) is 1. The van der Waals surface area contributed by atoms with Crippen LogP contribution in [0.5, 0.6) is 0 Å². The molecule has 4 nitrogen and oxygen atoms in total. The van der Waals surface area contributed by atoms with Gasteiger partial charge in [0.15, 0.2) is 0 Å². The summed E-state index contributed by atoms with van der Waals surface area (Å²) in [7, 11) is 2.03. The first-order valence-electron chi connectivity index (χ1n) is 8.02. The predicted octanol–water partition coefficient (Wildman–Crippen LogP) is 3.41. The lowest BCUT2D eigenvalue weighted by molar-refractivity contribution is 0.0285. The van der Waals surface area contributed by atoms with Gasteiger partial charge in [-0.25, -0.2) is 4.79 Å². The summed E-state index contributed by atoms with van der Waals surface area (Å²) >= 11 is 0. The Morgan fingerprint density at radius 3 is 2.65 bits per heavy atom. The first-order chi connectivity index (χ1) is 9.37. The van der Waals surface area contributed by atoms with Gasteiger partial charge < -0.3 is 15.0 Å². The molecule has 2 atom stereocenters. The van der Waals surface area contributed by atoms with Crippen LogP contribution in [0, 0.1) is 5.92 Å². The first-order valence-corrected chi connectivity index (χ1v) is 8.02. The Morgan fingerprint density at radius 1 is 1.40 bits per heavy atom. The van der Waals surface area contributed by atoms with Crippen LogP contribution in [0.2, 0.25) is 0 Å². The van der Waals surface area contributed by atoms with Crippen LogP contribution in [0.15, 0.2) is 0 Å². The van der Waals surface area contributed by atoms with Gasteiger partial charge in [-0.1, -0.05) is 26.2 Å². The molecule has 1 heterocycles. The number of ether oxygens (including phenoxy) is 1. The van der Waals surface area contributed by atoms with Gasteiger partial charge in [0.1, 0.15) is 5.60 Å². The highest BCUT2D eigenvalue weighted by atomic mass is 16.6. The number of unbranched alkanes of at least 4 members (excludes halogenated alkanes) is 2. The smallest absolute Gasteiger partial charge is 0.410 e. The molecule has 20 heavy (non-hydrogen) atoms. The van der Waals surface area contributed by atoms with E-state index in [0.717, 1.165) is 19.5 Å². The maximum Gasteiger partial charge on any atom is 0.410 e. The molecular weight excluding hydrogens is 252 g/mol. The Morgan fingerprint density at radius 2 is 2.10 bits per heavy atom. The molecule has 0 aromatic rings. The van der Waals surface area contributed by atoms with Crippen molar-refractivity contribution in [2.24, 2.45) is 5.92 Å². The fraction of sp³-hybridized carbons (Fsp3) is 0.938. The monoisotopic (exact) mass is 284 g/mol. The van der Waals surface area contributed by atoms with Gasteiger partial charge in [0.25, 0.3) is 0 Å². The zero-order chi connectivity index (χ0) is 15.2. The van der Waals surface area contributed by atoms with Gasteiger partial charge in [-0.2, -0.15) is 0 Å². The quantitative estimate of drug-likeness (QED) is 0.760. The third-order valence-corrected chi connectivity index (χ3v) is 3.93. The summed E-state index contributed by atoms with van der Waals surface area (Å²) in [6, 6.07) is 0.522. The van der Waals surface area contributed by atoms with Gasteiger partial charge in [0.05, 0.1) is 0 Å². The molecule has 0 saturated carbocycles. The third-order valence-electron chi connectivity index (χ3n) is 3.93. The van der Waals surface area contributed by atoms with Crippen LogP contribution >= 0.6 is 0 Å². The molecule has 1 saturated heterocycles. The zero-order valence-electron chi connectivity index (χ0n) is 13.9. The molecule has 1 fully saturated rings. The number of likely N-dealkylation sites (tertiary alicyclic amines) is 1. The van der Waals surface area contributed by atoms with E-state index in [2.05, 4.69) is 12.2 Å². The second-order valence-corrected chi connectivity index (χ2v) is 6.87. The molecule has 0 radical (unpaired) electrons. The number of carbonyl (C=O) groups is 1. The summed E-state index contributed by atoms with van der Waals surface area (Å²) in [5, 5.41) is 3.43. The van der Waals surface area contributed by atoms with Gasteiger partial charge >= 0.3 is 6.09 Å². The minimum absolute atomic E-state index is 0.164. The first kappa shape index (κ1) is 17.3.